The molecule has 2 aromatic rings. The van der Waals surface area contributed by atoms with E-state index in [0.717, 1.165) is 17.4 Å². The highest BCUT2D eigenvalue weighted by atomic mass is 15.0. The molecular weight excluding hydrogens is 200 g/mol. The van der Waals surface area contributed by atoms with Crippen molar-refractivity contribution < 1.29 is 0 Å². The quantitative estimate of drug-likeness (QED) is 0.540. The Bertz CT molecular complexity index is 534. The lowest BCUT2D eigenvalue weighted by Crippen LogP contribution is -2.15. The van der Waals surface area contributed by atoms with E-state index < -0.39 is 0 Å². The Morgan fingerprint density at radius 3 is 2.88 bits per heavy atom. The first-order chi connectivity index (χ1) is 7.72. The van der Waals surface area contributed by atoms with Crippen molar-refractivity contribution in [3.8, 4) is 0 Å². The first-order valence-corrected chi connectivity index (χ1v) is 5.20. The van der Waals surface area contributed by atoms with Crippen molar-refractivity contribution in [3.63, 3.8) is 0 Å². The van der Waals surface area contributed by atoms with Gasteiger partial charge in [0, 0.05) is 11.9 Å². The van der Waals surface area contributed by atoms with Crippen LogP contribution in [0.5, 0.6) is 0 Å². The highest BCUT2D eigenvalue weighted by molar-refractivity contribution is 6.02. The van der Waals surface area contributed by atoms with Gasteiger partial charge in [0.1, 0.15) is 11.7 Å². The van der Waals surface area contributed by atoms with E-state index in [9.17, 15) is 0 Å². The number of hydrogen-bond acceptors (Lipinski definition) is 3. The Labute approximate surface area is 94.0 Å². The maximum atomic E-state index is 7.53. The number of hydrogen-bond donors (Lipinski definition) is 3. The maximum absolute atomic E-state index is 7.53. The smallest absolute Gasteiger partial charge is 0.137 e. The van der Waals surface area contributed by atoms with E-state index in [1.807, 2.05) is 37.3 Å². The van der Waals surface area contributed by atoms with Crippen LogP contribution in [0.25, 0.3) is 10.9 Å². The summed E-state index contributed by atoms with van der Waals surface area (Å²) in [6.07, 6.45) is 0. The van der Waals surface area contributed by atoms with Gasteiger partial charge in [-0.3, -0.25) is 5.41 Å². The molecule has 0 atom stereocenters. The average Bonchev–Trinajstić information content (AvgIpc) is 2.28. The Hall–Kier alpha value is -2.10. The highest BCUT2D eigenvalue weighted by Crippen LogP contribution is 2.19. The van der Waals surface area contributed by atoms with Crippen molar-refractivity contribution >= 4 is 22.6 Å². The second kappa shape index (κ2) is 4.18. The molecule has 0 aliphatic rings. The highest BCUT2D eigenvalue weighted by Gasteiger charge is 2.07. The number of nitrogens with zero attached hydrogens (tertiary/aromatic N) is 1. The van der Waals surface area contributed by atoms with E-state index in [4.69, 9.17) is 11.1 Å². The van der Waals surface area contributed by atoms with Gasteiger partial charge in [-0.05, 0) is 19.1 Å². The minimum Gasteiger partial charge on any atom is -0.384 e. The average molecular weight is 214 g/mol. The monoisotopic (exact) mass is 214 g/mol. The predicted octanol–water partition coefficient (Wildman–Crippen LogP) is 1.95. The van der Waals surface area contributed by atoms with E-state index >= 15 is 0 Å². The van der Waals surface area contributed by atoms with Crippen molar-refractivity contribution in [2.75, 3.05) is 11.9 Å². The predicted molar refractivity (Wildman–Crippen MR) is 66.9 cm³/mol. The van der Waals surface area contributed by atoms with Crippen LogP contribution < -0.4 is 11.1 Å². The number of anilines is 1. The van der Waals surface area contributed by atoms with Crippen molar-refractivity contribution in [3.05, 3.63) is 35.9 Å². The summed E-state index contributed by atoms with van der Waals surface area (Å²) in [7, 11) is 0. The van der Waals surface area contributed by atoms with Gasteiger partial charge < -0.3 is 11.1 Å². The summed E-state index contributed by atoms with van der Waals surface area (Å²) in [6, 6.07) is 9.69. The van der Waals surface area contributed by atoms with Crippen molar-refractivity contribution in [1.29, 1.82) is 5.41 Å². The summed E-state index contributed by atoms with van der Waals surface area (Å²) in [6.45, 7) is 2.74. The molecule has 2 rings (SSSR count). The molecule has 82 valence electrons. The van der Waals surface area contributed by atoms with Gasteiger partial charge in [-0.1, -0.05) is 18.2 Å². The fourth-order valence-electron chi connectivity index (χ4n) is 1.62. The molecule has 0 unspecified atom stereocenters. The molecule has 0 fully saturated rings. The number of aromatic nitrogens is 1. The third-order valence-electron chi connectivity index (χ3n) is 2.36. The van der Waals surface area contributed by atoms with E-state index in [2.05, 4.69) is 10.3 Å². The van der Waals surface area contributed by atoms with E-state index in [1.54, 1.807) is 0 Å². The van der Waals surface area contributed by atoms with Crippen LogP contribution >= 0.6 is 0 Å². The topological polar surface area (TPSA) is 74.8 Å². The summed E-state index contributed by atoms with van der Waals surface area (Å²) in [5.74, 6) is 0.711. The molecule has 0 spiro atoms. The molecule has 16 heavy (non-hydrogen) atoms. The SMILES string of the molecule is CCNc1nc2ccccc2cc1C(=N)N. The lowest BCUT2D eigenvalue weighted by atomic mass is 10.1. The van der Waals surface area contributed by atoms with Crippen LogP contribution in [0.1, 0.15) is 12.5 Å². The molecule has 4 nitrogen and oxygen atoms in total. The number of fused-ring (bicyclic) bond motifs is 1. The Balaban J connectivity index is 2.65. The number of para-hydroxylation sites is 1. The van der Waals surface area contributed by atoms with Gasteiger partial charge in [0.05, 0.1) is 11.1 Å². The second-order valence-corrected chi connectivity index (χ2v) is 3.52. The summed E-state index contributed by atoms with van der Waals surface area (Å²) >= 11 is 0. The standard InChI is InChI=1S/C12H14N4/c1-2-15-12-9(11(13)14)7-8-5-3-4-6-10(8)16-12/h3-7H,2H2,1H3,(H3,13,14)(H,15,16). The maximum Gasteiger partial charge on any atom is 0.137 e. The molecule has 4 heteroatoms. The zero-order valence-electron chi connectivity index (χ0n) is 9.12. The Morgan fingerprint density at radius 2 is 2.19 bits per heavy atom. The van der Waals surface area contributed by atoms with Crippen LogP contribution in [0.2, 0.25) is 0 Å². The number of nitrogen functional groups attached to an aromatic ring is 1. The van der Waals surface area contributed by atoms with Gasteiger partial charge in [0.15, 0.2) is 0 Å². The van der Waals surface area contributed by atoms with E-state index in [0.29, 0.717) is 11.4 Å². The normalized spacial score (nSPS) is 10.3. The molecule has 0 saturated heterocycles. The van der Waals surface area contributed by atoms with Crippen LogP contribution in [-0.4, -0.2) is 17.4 Å². The van der Waals surface area contributed by atoms with Crippen LogP contribution in [0.15, 0.2) is 30.3 Å². The van der Waals surface area contributed by atoms with Crippen molar-refractivity contribution in [2.24, 2.45) is 5.73 Å². The number of nitrogens with one attached hydrogen (secondary N) is 2. The van der Waals surface area contributed by atoms with Gasteiger partial charge >= 0.3 is 0 Å². The van der Waals surface area contributed by atoms with Gasteiger partial charge in [-0.25, -0.2) is 4.98 Å². The molecule has 0 saturated carbocycles. The lowest BCUT2D eigenvalue weighted by Gasteiger charge is -2.10. The molecule has 1 aromatic carbocycles. The minimum absolute atomic E-state index is 0.0363. The molecule has 1 heterocycles. The number of benzene rings is 1. The van der Waals surface area contributed by atoms with Gasteiger partial charge in [0.2, 0.25) is 0 Å². The van der Waals surface area contributed by atoms with Gasteiger partial charge in [-0.2, -0.15) is 0 Å². The molecule has 0 radical (unpaired) electrons. The summed E-state index contributed by atoms with van der Waals surface area (Å²) in [5.41, 5.74) is 7.10. The fourth-order valence-corrected chi connectivity index (χ4v) is 1.62. The lowest BCUT2D eigenvalue weighted by molar-refractivity contribution is 1.17. The number of amidine groups is 1. The largest absolute Gasteiger partial charge is 0.384 e. The van der Waals surface area contributed by atoms with Crippen LogP contribution in [0, 0.1) is 5.41 Å². The minimum atomic E-state index is 0.0363. The van der Waals surface area contributed by atoms with Crippen LogP contribution in [0.4, 0.5) is 5.82 Å². The fraction of sp³-hybridized carbons (Fsp3) is 0.167. The first-order valence-electron chi connectivity index (χ1n) is 5.20. The summed E-state index contributed by atoms with van der Waals surface area (Å²) in [5, 5.41) is 11.6. The van der Waals surface area contributed by atoms with Crippen molar-refractivity contribution in [1.82, 2.24) is 4.98 Å². The third-order valence-corrected chi connectivity index (χ3v) is 2.36. The van der Waals surface area contributed by atoms with Crippen LogP contribution in [-0.2, 0) is 0 Å². The van der Waals surface area contributed by atoms with Crippen molar-refractivity contribution in [2.45, 2.75) is 6.92 Å². The first kappa shape index (κ1) is 10.4. The molecule has 1 aromatic heterocycles. The van der Waals surface area contributed by atoms with E-state index in [-0.39, 0.29) is 5.84 Å². The van der Waals surface area contributed by atoms with Gasteiger partial charge in [0.25, 0.3) is 0 Å². The van der Waals surface area contributed by atoms with E-state index in [1.165, 1.54) is 0 Å². The number of pyridine rings is 1. The number of nitrogens with two attached hydrogens (primary N) is 1. The second-order valence-electron chi connectivity index (χ2n) is 3.52. The van der Waals surface area contributed by atoms with Gasteiger partial charge in [-0.15, -0.1) is 0 Å². The Kier molecular flexibility index (Phi) is 2.72. The third kappa shape index (κ3) is 1.82. The molecule has 0 aliphatic carbocycles. The molecular formula is C12H14N4. The molecule has 4 N–H and O–H groups in total. The molecule has 0 aliphatic heterocycles. The zero-order chi connectivity index (χ0) is 11.5. The summed E-state index contributed by atoms with van der Waals surface area (Å²) < 4.78 is 0. The molecule has 0 bridgehead atoms. The number of rotatable bonds is 3. The zero-order valence-corrected chi connectivity index (χ0v) is 9.12. The summed E-state index contributed by atoms with van der Waals surface area (Å²) in [4.78, 5) is 4.45. The Morgan fingerprint density at radius 1 is 1.44 bits per heavy atom. The van der Waals surface area contributed by atoms with Crippen LogP contribution in [0.3, 0.4) is 0 Å². The molecule has 0 amide bonds.